The molecule has 84 valence electrons. The highest BCUT2D eigenvalue weighted by Gasteiger charge is 2.06. The lowest BCUT2D eigenvalue weighted by atomic mass is 10.1. The number of halogens is 1. The summed E-state index contributed by atoms with van der Waals surface area (Å²) >= 11 is 6.19. The highest BCUT2D eigenvalue weighted by atomic mass is 35.5. The zero-order valence-corrected chi connectivity index (χ0v) is 10.2. The molecule has 0 saturated carbocycles. The molecule has 17 heavy (non-hydrogen) atoms. The predicted octanol–water partition coefficient (Wildman–Crippen LogP) is 4.00. The topological polar surface area (TPSA) is 25.8 Å². The normalized spacial score (nSPS) is 11.2. The molecule has 0 N–H and O–H groups in total. The Labute approximate surface area is 104 Å². The Morgan fingerprint density at radius 3 is 2.47 bits per heavy atom. The number of nitrogens with zero attached hydrogens (tertiary/aromatic N) is 2. The molecule has 0 aliphatic heterocycles. The van der Waals surface area contributed by atoms with Crippen molar-refractivity contribution >= 4 is 33.3 Å². The molecule has 2 aromatic carbocycles. The van der Waals surface area contributed by atoms with E-state index in [1.165, 1.54) is 5.39 Å². The van der Waals surface area contributed by atoms with E-state index < -0.39 is 0 Å². The third kappa shape index (κ3) is 1.75. The van der Waals surface area contributed by atoms with Crippen LogP contribution in [-0.2, 0) is 6.42 Å². The van der Waals surface area contributed by atoms with Crippen LogP contribution in [0.25, 0.3) is 21.7 Å². The first-order valence-electron chi connectivity index (χ1n) is 5.63. The van der Waals surface area contributed by atoms with Gasteiger partial charge in [0, 0.05) is 11.8 Å². The highest BCUT2D eigenvalue weighted by Crippen LogP contribution is 2.26. The van der Waals surface area contributed by atoms with Gasteiger partial charge in [0.25, 0.3) is 0 Å². The minimum Gasteiger partial charge on any atom is -0.233 e. The van der Waals surface area contributed by atoms with Gasteiger partial charge in [0.2, 0.25) is 0 Å². The lowest BCUT2D eigenvalue weighted by Gasteiger charge is -2.05. The smallest absolute Gasteiger partial charge is 0.140 e. The molecule has 1 heterocycles. The van der Waals surface area contributed by atoms with Gasteiger partial charge in [0.15, 0.2) is 0 Å². The maximum absolute atomic E-state index is 6.19. The molecule has 0 bridgehead atoms. The molecule has 3 aromatic rings. The van der Waals surface area contributed by atoms with E-state index in [1.54, 1.807) is 0 Å². The van der Waals surface area contributed by atoms with Crippen molar-refractivity contribution in [1.29, 1.82) is 0 Å². The molecular formula is C14H11ClN2. The third-order valence-electron chi connectivity index (χ3n) is 2.88. The van der Waals surface area contributed by atoms with Crippen LogP contribution in [0.15, 0.2) is 36.4 Å². The van der Waals surface area contributed by atoms with E-state index in [0.717, 1.165) is 28.5 Å². The van der Waals surface area contributed by atoms with Crippen molar-refractivity contribution < 1.29 is 0 Å². The fourth-order valence-corrected chi connectivity index (χ4v) is 2.23. The molecule has 0 radical (unpaired) electrons. The first kappa shape index (κ1) is 10.5. The number of benzene rings is 2. The molecule has 0 aliphatic rings. The molecule has 2 nitrogen and oxygen atoms in total. The van der Waals surface area contributed by atoms with Crippen molar-refractivity contribution in [1.82, 2.24) is 9.97 Å². The first-order chi connectivity index (χ1) is 8.28. The van der Waals surface area contributed by atoms with Gasteiger partial charge in [0.1, 0.15) is 11.0 Å². The quantitative estimate of drug-likeness (QED) is 0.476. The highest BCUT2D eigenvalue weighted by molar-refractivity contribution is 6.34. The molecule has 0 fully saturated rings. The predicted molar refractivity (Wildman–Crippen MR) is 71.4 cm³/mol. The van der Waals surface area contributed by atoms with Gasteiger partial charge in [-0.15, -0.1) is 0 Å². The largest absolute Gasteiger partial charge is 0.233 e. The van der Waals surface area contributed by atoms with Crippen molar-refractivity contribution in [2.24, 2.45) is 0 Å². The van der Waals surface area contributed by atoms with Gasteiger partial charge in [-0.25, -0.2) is 9.97 Å². The first-order valence-corrected chi connectivity index (χ1v) is 6.00. The zero-order chi connectivity index (χ0) is 11.8. The van der Waals surface area contributed by atoms with Crippen LogP contribution in [0.5, 0.6) is 0 Å². The van der Waals surface area contributed by atoms with Crippen LogP contribution in [0.1, 0.15) is 12.7 Å². The third-order valence-corrected chi connectivity index (χ3v) is 3.17. The summed E-state index contributed by atoms with van der Waals surface area (Å²) in [7, 11) is 0. The van der Waals surface area contributed by atoms with E-state index in [4.69, 9.17) is 11.6 Å². The minimum atomic E-state index is 0.539. The summed E-state index contributed by atoms with van der Waals surface area (Å²) in [6.45, 7) is 2.03. The summed E-state index contributed by atoms with van der Waals surface area (Å²) in [5.41, 5.74) is 0.917. The van der Waals surface area contributed by atoms with E-state index in [2.05, 4.69) is 28.2 Å². The average molecular weight is 243 g/mol. The van der Waals surface area contributed by atoms with Crippen LogP contribution in [0, 0.1) is 0 Å². The number of hydrogen-bond donors (Lipinski definition) is 0. The van der Waals surface area contributed by atoms with Crippen LogP contribution < -0.4 is 0 Å². The number of hydrogen-bond acceptors (Lipinski definition) is 2. The molecule has 0 amide bonds. The molecule has 0 spiro atoms. The lowest BCUT2D eigenvalue weighted by molar-refractivity contribution is 0.962. The van der Waals surface area contributed by atoms with Crippen LogP contribution in [0.2, 0.25) is 5.15 Å². The summed E-state index contributed by atoms with van der Waals surface area (Å²) < 4.78 is 0. The van der Waals surface area contributed by atoms with E-state index in [-0.39, 0.29) is 0 Å². The second kappa shape index (κ2) is 3.97. The van der Waals surface area contributed by atoms with Gasteiger partial charge in [-0.2, -0.15) is 0 Å². The van der Waals surface area contributed by atoms with Crippen LogP contribution in [-0.4, -0.2) is 9.97 Å². The van der Waals surface area contributed by atoms with Gasteiger partial charge in [-0.3, -0.25) is 0 Å². The number of fused-ring (bicyclic) bond motifs is 2. The number of aromatic nitrogens is 2. The van der Waals surface area contributed by atoms with Crippen molar-refractivity contribution in [2.45, 2.75) is 13.3 Å². The van der Waals surface area contributed by atoms with Crippen molar-refractivity contribution in [3.63, 3.8) is 0 Å². The van der Waals surface area contributed by atoms with Crippen LogP contribution >= 0.6 is 11.6 Å². The molecule has 0 aliphatic carbocycles. The van der Waals surface area contributed by atoms with Crippen LogP contribution in [0.4, 0.5) is 0 Å². The molecule has 0 atom stereocenters. The molecule has 3 heteroatoms. The van der Waals surface area contributed by atoms with Gasteiger partial charge < -0.3 is 0 Å². The summed E-state index contributed by atoms with van der Waals surface area (Å²) in [4.78, 5) is 8.79. The maximum atomic E-state index is 6.19. The Morgan fingerprint density at radius 1 is 1.06 bits per heavy atom. The maximum Gasteiger partial charge on any atom is 0.140 e. The summed E-state index contributed by atoms with van der Waals surface area (Å²) in [6.07, 6.45) is 0.794. The number of aryl methyl sites for hydroxylation is 1. The van der Waals surface area contributed by atoms with E-state index in [0.29, 0.717) is 5.15 Å². The number of rotatable bonds is 1. The van der Waals surface area contributed by atoms with Gasteiger partial charge >= 0.3 is 0 Å². The fourth-order valence-electron chi connectivity index (χ4n) is 1.98. The molecular weight excluding hydrogens is 232 g/mol. The molecule has 1 aromatic heterocycles. The van der Waals surface area contributed by atoms with Gasteiger partial charge in [0.05, 0.1) is 5.52 Å². The Morgan fingerprint density at radius 2 is 1.76 bits per heavy atom. The standard InChI is InChI=1S/C14H11ClN2/c1-2-13-16-12-8-10-6-4-3-5-9(10)7-11(12)14(15)17-13/h3-8H,2H2,1H3. The summed E-state index contributed by atoms with van der Waals surface area (Å²) in [5, 5.41) is 3.80. The Bertz CT molecular complexity index is 707. The summed E-state index contributed by atoms with van der Waals surface area (Å²) in [6, 6.07) is 12.3. The SMILES string of the molecule is CCc1nc(Cl)c2cc3ccccc3cc2n1. The minimum absolute atomic E-state index is 0.539. The van der Waals surface area contributed by atoms with E-state index in [1.807, 2.05) is 25.1 Å². The van der Waals surface area contributed by atoms with Crippen LogP contribution in [0.3, 0.4) is 0 Å². The second-order valence-corrected chi connectivity index (χ2v) is 4.36. The van der Waals surface area contributed by atoms with E-state index in [9.17, 15) is 0 Å². The molecule has 3 rings (SSSR count). The van der Waals surface area contributed by atoms with Crippen molar-refractivity contribution in [2.75, 3.05) is 0 Å². The van der Waals surface area contributed by atoms with Gasteiger partial charge in [-0.05, 0) is 22.9 Å². The Balaban J connectivity index is 2.43. The fraction of sp³-hybridized carbons (Fsp3) is 0.143. The Kier molecular flexibility index (Phi) is 2.45. The summed E-state index contributed by atoms with van der Waals surface area (Å²) in [5.74, 6) is 0.790. The lowest BCUT2D eigenvalue weighted by Crippen LogP contribution is -1.94. The van der Waals surface area contributed by atoms with E-state index >= 15 is 0 Å². The van der Waals surface area contributed by atoms with Gasteiger partial charge in [-0.1, -0.05) is 42.8 Å². The zero-order valence-electron chi connectivity index (χ0n) is 9.44. The molecule has 0 unspecified atom stereocenters. The second-order valence-electron chi connectivity index (χ2n) is 4.00. The Hall–Kier alpha value is -1.67. The van der Waals surface area contributed by atoms with Crippen molar-refractivity contribution in [3.8, 4) is 0 Å². The molecule has 0 saturated heterocycles. The van der Waals surface area contributed by atoms with Crippen molar-refractivity contribution in [3.05, 3.63) is 47.4 Å². The average Bonchev–Trinajstić information content (AvgIpc) is 2.36. The monoisotopic (exact) mass is 242 g/mol.